The van der Waals surface area contributed by atoms with Crippen molar-refractivity contribution in [3.63, 3.8) is 0 Å². The number of fused-ring (bicyclic) bond motifs is 3. The van der Waals surface area contributed by atoms with Crippen molar-refractivity contribution in [3.8, 4) is 0 Å². The second-order valence-corrected chi connectivity index (χ2v) is 6.26. The van der Waals surface area contributed by atoms with Crippen molar-refractivity contribution in [1.82, 2.24) is 30.1 Å². The summed E-state index contributed by atoms with van der Waals surface area (Å²) in [6.45, 7) is 3.85. The fraction of sp³-hybridized carbons (Fsp3) is 0.438. The molecule has 0 radical (unpaired) electrons. The van der Waals surface area contributed by atoms with Gasteiger partial charge in [-0.3, -0.25) is 5.10 Å². The number of H-pyrrole nitrogens is 1. The maximum absolute atomic E-state index is 4.84. The average molecular weight is 309 g/mol. The normalized spacial score (nSPS) is 17.8. The highest BCUT2D eigenvalue weighted by Crippen LogP contribution is 2.29. The Bertz CT molecular complexity index is 863. The number of nitrogens with one attached hydrogen (secondary N) is 2. The summed E-state index contributed by atoms with van der Waals surface area (Å²) in [6.07, 6.45) is 6.77. The Morgan fingerprint density at radius 3 is 3.09 bits per heavy atom. The van der Waals surface area contributed by atoms with Gasteiger partial charge in [0.2, 0.25) is 0 Å². The van der Waals surface area contributed by atoms with E-state index in [1.807, 2.05) is 23.0 Å². The van der Waals surface area contributed by atoms with Crippen LogP contribution in [0.1, 0.15) is 22.5 Å². The molecule has 2 N–H and O–H groups in total. The van der Waals surface area contributed by atoms with Crippen molar-refractivity contribution >= 4 is 11.5 Å². The van der Waals surface area contributed by atoms with Gasteiger partial charge >= 0.3 is 0 Å². The lowest BCUT2D eigenvalue weighted by Gasteiger charge is -2.31. The number of hydrogen-bond donors (Lipinski definition) is 2. The summed E-state index contributed by atoms with van der Waals surface area (Å²) in [4.78, 5) is 7.28. The molecule has 0 aliphatic carbocycles. The van der Waals surface area contributed by atoms with Crippen molar-refractivity contribution in [1.29, 1.82) is 0 Å². The smallest absolute Gasteiger partial charge is 0.157 e. The van der Waals surface area contributed by atoms with Crippen LogP contribution in [0.5, 0.6) is 0 Å². The molecule has 0 bridgehead atoms. The van der Waals surface area contributed by atoms with E-state index in [-0.39, 0.29) is 0 Å². The van der Waals surface area contributed by atoms with Gasteiger partial charge in [-0.2, -0.15) is 14.7 Å². The van der Waals surface area contributed by atoms with Gasteiger partial charge in [0.1, 0.15) is 5.82 Å². The van der Waals surface area contributed by atoms with Crippen molar-refractivity contribution in [2.24, 2.45) is 0 Å². The highest BCUT2D eigenvalue weighted by molar-refractivity contribution is 5.58. The monoisotopic (exact) mass is 309 g/mol. The number of nitrogens with zero attached hydrogens (tertiary/aromatic N) is 5. The molecule has 0 fully saturated rings. The van der Waals surface area contributed by atoms with Crippen molar-refractivity contribution in [3.05, 3.63) is 41.0 Å². The van der Waals surface area contributed by atoms with Crippen LogP contribution < -0.4 is 10.2 Å². The first-order valence-corrected chi connectivity index (χ1v) is 8.22. The lowest BCUT2D eigenvalue weighted by Crippen LogP contribution is -2.33. The standard InChI is InChI=1S/C16H19N7/c1-5-17-6-2-14-12(1)16(23-15(20-14)3-7-19-23)22-8-4-13-11(10-22)9-18-21-13/h3,7,9,17H,1-2,4-6,8,10H2,(H,18,21). The minimum Gasteiger partial charge on any atom is -0.351 e. The predicted octanol–water partition coefficient (Wildman–Crippen LogP) is 0.703. The molecule has 0 atom stereocenters. The van der Waals surface area contributed by atoms with E-state index in [2.05, 4.69) is 25.5 Å². The number of rotatable bonds is 1. The van der Waals surface area contributed by atoms with Crippen LogP contribution in [0.15, 0.2) is 18.5 Å². The van der Waals surface area contributed by atoms with E-state index in [9.17, 15) is 0 Å². The quantitative estimate of drug-likeness (QED) is 0.692. The van der Waals surface area contributed by atoms with Crippen LogP contribution >= 0.6 is 0 Å². The molecule has 0 unspecified atom stereocenters. The Balaban J connectivity index is 1.68. The van der Waals surface area contributed by atoms with Gasteiger partial charge in [0.25, 0.3) is 0 Å². The van der Waals surface area contributed by atoms with Gasteiger partial charge in [-0.25, -0.2) is 4.98 Å². The summed E-state index contributed by atoms with van der Waals surface area (Å²) in [6, 6.07) is 2.00. The maximum atomic E-state index is 4.84. The summed E-state index contributed by atoms with van der Waals surface area (Å²) >= 11 is 0. The Kier molecular flexibility index (Phi) is 2.87. The Labute approximate surface area is 133 Å². The molecule has 23 heavy (non-hydrogen) atoms. The van der Waals surface area contributed by atoms with E-state index >= 15 is 0 Å². The molecular formula is C16H19N7. The largest absolute Gasteiger partial charge is 0.351 e. The molecule has 3 aromatic rings. The van der Waals surface area contributed by atoms with Crippen LogP contribution in [0.2, 0.25) is 0 Å². The number of aromatic nitrogens is 5. The second-order valence-electron chi connectivity index (χ2n) is 6.26. The minimum absolute atomic E-state index is 0.880. The summed E-state index contributed by atoms with van der Waals surface area (Å²) < 4.78 is 2.01. The van der Waals surface area contributed by atoms with Gasteiger partial charge in [0.05, 0.1) is 18.1 Å². The predicted molar refractivity (Wildman–Crippen MR) is 86.6 cm³/mol. The topological polar surface area (TPSA) is 74.1 Å². The summed E-state index contributed by atoms with van der Waals surface area (Å²) in [5.74, 6) is 1.21. The second kappa shape index (κ2) is 5.06. The number of hydrogen-bond acceptors (Lipinski definition) is 5. The van der Waals surface area contributed by atoms with E-state index in [0.717, 1.165) is 51.1 Å². The van der Waals surface area contributed by atoms with E-state index in [0.29, 0.717) is 0 Å². The van der Waals surface area contributed by atoms with Crippen LogP contribution in [-0.2, 0) is 25.8 Å². The minimum atomic E-state index is 0.880. The number of aromatic amines is 1. The third-order valence-electron chi connectivity index (χ3n) is 4.88. The average Bonchev–Trinajstić information content (AvgIpc) is 3.16. The van der Waals surface area contributed by atoms with E-state index in [1.165, 1.54) is 28.3 Å². The molecule has 2 aliphatic rings. The van der Waals surface area contributed by atoms with Gasteiger partial charge in [-0.05, 0) is 13.0 Å². The van der Waals surface area contributed by atoms with Crippen molar-refractivity contribution in [2.45, 2.75) is 25.8 Å². The van der Waals surface area contributed by atoms with Crippen molar-refractivity contribution in [2.75, 3.05) is 24.5 Å². The summed E-state index contributed by atoms with van der Waals surface area (Å²) in [5, 5.41) is 15.3. The Hall–Kier alpha value is -2.41. The SMILES string of the molecule is c1cc2nc3c(c(N4CCc5[nH]ncc5C4)n2n1)CCNCC3. The zero-order valence-corrected chi connectivity index (χ0v) is 12.9. The molecule has 3 aromatic heterocycles. The molecule has 0 amide bonds. The summed E-state index contributed by atoms with van der Waals surface area (Å²) in [5.41, 5.74) is 6.06. The lowest BCUT2D eigenvalue weighted by atomic mass is 10.1. The molecule has 0 spiro atoms. The fourth-order valence-electron chi connectivity index (χ4n) is 3.74. The van der Waals surface area contributed by atoms with Crippen LogP contribution in [0.4, 0.5) is 5.82 Å². The molecule has 0 aromatic carbocycles. The van der Waals surface area contributed by atoms with Crippen LogP contribution in [0, 0.1) is 0 Å². The molecule has 0 saturated heterocycles. The van der Waals surface area contributed by atoms with Crippen LogP contribution in [0.3, 0.4) is 0 Å². The highest BCUT2D eigenvalue weighted by atomic mass is 15.4. The molecular weight excluding hydrogens is 290 g/mol. The van der Waals surface area contributed by atoms with Gasteiger partial charge in [0, 0.05) is 55.4 Å². The maximum Gasteiger partial charge on any atom is 0.157 e. The van der Waals surface area contributed by atoms with E-state index in [4.69, 9.17) is 4.98 Å². The van der Waals surface area contributed by atoms with Gasteiger partial charge in [0.15, 0.2) is 5.65 Å². The first-order valence-electron chi connectivity index (χ1n) is 8.22. The number of anilines is 1. The lowest BCUT2D eigenvalue weighted by molar-refractivity contribution is 0.683. The highest BCUT2D eigenvalue weighted by Gasteiger charge is 2.25. The molecule has 7 heteroatoms. The molecule has 118 valence electrons. The molecule has 5 rings (SSSR count). The zero-order chi connectivity index (χ0) is 15.2. The zero-order valence-electron chi connectivity index (χ0n) is 12.9. The first kappa shape index (κ1) is 13.1. The van der Waals surface area contributed by atoms with Crippen molar-refractivity contribution < 1.29 is 0 Å². The molecule has 2 aliphatic heterocycles. The van der Waals surface area contributed by atoms with E-state index in [1.54, 1.807) is 0 Å². The third kappa shape index (κ3) is 2.03. The Morgan fingerprint density at radius 2 is 2.09 bits per heavy atom. The fourth-order valence-corrected chi connectivity index (χ4v) is 3.74. The summed E-state index contributed by atoms with van der Waals surface area (Å²) in [7, 11) is 0. The third-order valence-corrected chi connectivity index (χ3v) is 4.88. The molecule has 7 nitrogen and oxygen atoms in total. The van der Waals surface area contributed by atoms with Crippen LogP contribution in [-0.4, -0.2) is 44.4 Å². The van der Waals surface area contributed by atoms with Gasteiger partial charge in [-0.15, -0.1) is 0 Å². The van der Waals surface area contributed by atoms with Gasteiger partial charge in [-0.1, -0.05) is 0 Å². The molecule has 0 saturated carbocycles. The van der Waals surface area contributed by atoms with Crippen LogP contribution in [0.25, 0.3) is 5.65 Å². The van der Waals surface area contributed by atoms with E-state index < -0.39 is 0 Å². The van der Waals surface area contributed by atoms with Gasteiger partial charge < -0.3 is 10.2 Å². The first-order chi connectivity index (χ1) is 11.4. The molecule has 5 heterocycles. The Morgan fingerprint density at radius 1 is 1.13 bits per heavy atom.